The zero-order valence-electron chi connectivity index (χ0n) is 14.0. The Morgan fingerprint density at radius 2 is 1.81 bits per heavy atom. The summed E-state index contributed by atoms with van der Waals surface area (Å²) >= 11 is 1.52. The fraction of sp³-hybridized carbons (Fsp3) is 0.263. The Morgan fingerprint density at radius 3 is 2.42 bits per heavy atom. The van der Waals surface area contributed by atoms with Gasteiger partial charge in [-0.2, -0.15) is 0 Å². The first kappa shape index (κ1) is 16.8. The summed E-state index contributed by atoms with van der Waals surface area (Å²) in [7, 11) is 0. The maximum atomic E-state index is 12.8. The molecule has 26 heavy (non-hydrogen) atoms. The molecule has 0 saturated carbocycles. The van der Waals surface area contributed by atoms with E-state index in [1.54, 1.807) is 12.1 Å². The van der Waals surface area contributed by atoms with Crippen LogP contribution in [0.25, 0.3) is 10.8 Å². The second-order valence-electron chi connectivity index (χ2n) is 6.16. The summed E-state index contributed by atoms with van der Waals surface area (Å²) in [4.78, 5) is 42.9. The van der Waals surface area contributed by atoms with Crippen molar-refractivity contribution in [2.24, 2.45) is 4.99 Å². The molecule has 7 heteroatoms. The topological polar surface area (TPSA) is 78.8 Å². The van der Waals surface area contributed by atoms with Crippen molar-refractivity contribution in [2.75, 3.05) is 18.8 Å². The van der Waals surface area contributed by atoms with Crippen LogP contribution in [0.15, 0.2) is 41.4 Å². The van der Waals surface area contributed by atoms with Crippen LogP contribution < -0.4 is 5.32 Å². The van der Waals surface area contributed by atoms with Gasteiger partial charge in [0.1, 0.15) is 0 Å². The number of hydrogen-bond acceptors (Lipinski definition) is 5. The highest BCUT2D eigenvalue weighted by molar-refractivity contribution is 8.14. The Hall–Kier alpha value is -2.67. The normalized spacial score (nSPS) is 16.2. The number of rotatable bonds is 4. The minimum absolute atomic E-state index is 0.141. The molecule has 4 rings (SSSR count). The number of hydrogen-bond donors (Lipinski definition) is 1. The molecule has 0 unspecified atom stereocenters. The molecule has 3 amide bonds. The van der Waals surface area contributed by atoms with Crippen molar-refractivity contribution < 1.29 is 14.4 Å². The van der Waals surface area contributed by atoms with E-state index < -0.39 is 0 Å². The number of carbonyl (C=O) groups is 3. The number of carbonyl (C=O) groups excluding carboxylic acids is 3. The van der Waals surface area contributed by atoms with E-state index in [2.05, 4.69) is 10.3 Å². The molecule has 0 saturated heterocycles. The molecule has 2 aromatic rings. The number of nitrogens with one attached hydrogen (secondary N) is 1. The molecule has 2 aliphatic heterocycles. The van der Waals surface area contributed by atoms with Crippen LogP contribution in [0.2, 0.25) is 0 Å². The van der Waals surface area contributed by atoms with Crippen LogP contribution in [-0.4, -0.2) is 46.6 Å². The molecule has 2 aliphatic rings. The highest BCUT2D eigenvalue weighted by Gasteiger charge is 2.32. The highest BCUT2D eigenvalue weighted by Crippen LogP contribution is 2.30. The van der Waals surface area contributed by atoms with Gasteiger partial charge >= 0.3 is 0 Å². The maximum Gasteiger partial charge on any atom is 0.261 e. The van der Waals surface area contributed by atoms with Gasteiger partial charge in [0.2, 0.25) is 5.91 Å². The van der Waals surface area contributed by atoms with Crippen molar-refractivity contribution in [3.8, 4) is 0 Å². The van der Waals surface area contributed by atoms with E-state index in [1.807, 2.05) is 24.3 Å². The quantitative estimate of drug-likeness (QED) is 0.842. The van der Waals surface area contributed by atoms with Crippen molar-refractivity contribution in [3.05, 3.63) is 47.5 Å². The van der Waals surface area contributed by atoms with E-state index in [1.165, 1.54) is 16.7 Å². The molecule has 0 aliphatic carbocycles. The summed E-state index contributed by atoms with van der Waals surface area (Å²) in [6.45, 7) is 0.942. The van der Waals surface area contributed by atoms with Gasteiger partial charge in [-0.3, -0.25) is 24.3 Å². The summed E-state index contributed by atoms with van der Waals surface area (Å²) in [5, 5.41) is 5.01. The smallest absolute Gasteiger partial charge is 0.261 e. The molecular weight excluding hydrogens is 350 g/mol. The van der Waals surface area contributed by atoms with Crippen LogP contribution in [-0.2, 0) is 4.79 Å². The molecule has 0 spiro atoms. The van der Waals surface area contributed by atoms with Crippen LogP contribution in [0.5, 0.6) is 0 Å². The van der Waals surface area contributed by atoms with Crippen molar-refractivity contribution in [3.63, 3.8) is 0 Å². The first-order valence-electron chi connectivity index (χ1n) is 8.50. The van der Waals surface area contributed by atoms with E-state index in [0.717, 1.165) is 23.1 Å². The Morgan fingerprint density at radius 1 is 1.12 bits per heavy atom. The van der Waals surface area contributed by atoms with Gasteiger partial charge in [0.05, 0.1) is 6.54 Å². The maximum absolute atomic E-state index is 12.8. The minimum atomic E-state index is -0.296. The predicted octanol–water partition coefficient (Wildman–Crippen LogP) is 2.44. The first-order valence-corrected chi connectivity index (χ1v) is 9.49. The number of aliphatic imine (C=N–C) groups is 1. The van der Waals surface area contributed by atoms with Gasteiger partial charge in [-0.05, 0) is 23.9 Å². The second kappa shape index (κ2) is 6.92. The fourth-order valence-corrected chi connectivity index (χ4v) is 4.02. The summed E-state index contributed by atoms with van der Waals surface area (Å²) in [5.74, 6) is 0.153. The number of benzene rings is 2. The molecule has 6 nitrogen and oxygen atoms in total. The van der Waals surface area contributed by atoms with E-state index in [0.29, 0.717) is 22.7 Å². The average molecular weight is 367 g/mol. The standard InChI is InChI=1S/C19H17N3O3S/c23-15(21-19-20-9-11-26-19)8-3-10-22-17(24)13-6-1-4-12-5-2-7-14(16(12)13)18(22)25/h1-2,4-7H,3,8-11H2,(H,20,21,23). The van der Waals surface area contributed by atoms with Crippen molar-refractivity contribution in [2.45, 2.75) is 12.8 Å². The van der Waals surface area contributed by atoms with Gasteiger partial charge in [0, 0.05) is 35.2 Å². The van der Waals surface area contributed by atoms with Crippen LogP contribution in [0.3, 0.4) is 0 Å². The number of imide groups is 1. The lowest BCUT2D eigenvalue weighted by Gasteiger charge is -2.27. The molecule has 0 aromatic heterocycles. The van der Waals surface area contributed by atoms with Crippen LogP contribution in [0.1, 0.15) is 33.6 Å². The Kier molecular flexibility index (Phi) is 4.46. The molecule has 0 bridgehead atoms. The van der Waals surface area contributed by atoms with Gasteiger partial charge in [0.25, 0.3) is 11.8 Å². The zero-order valence-corrected chi connectivity index (χ0v) is 14.8. The molecule has 2 aromatic carbocycles. The molecule has 0 atom stereocenters. The Labute approximate surface area is 154 Å². The molecule has 2 heterocycles. The minimum Gasteiger partial charge on any atom is -0.305 e. The van der Waals surface area contributed by atoms with Crippen molar-refractivity contribution in [1.82, 2.24) is 10.2 Å². The molecule has 0 radical (unpaired) electrons. The van der Waals surface area contributed by atoms with E-state index >= 15 is 0 Å². The van der Waals surface area contributed by atoms with Crippen LogP contribution in [0.4, 0.5) is 0 Å². The summed E-state index contributed by atoms with van der Waals surface area (Å²) in [5.41, 5.74) is 1.08. The Bertz CT molecular complexity index is 903. The molecule has 1 N–H and O–H groups in total. The van der Waals surface area contributed by atoms with E-state index in [-0.39, 0.29) is 30.7 Å². The number of amides is 3. The second-order valence-corrected chi connectivity index (χ2v) is 7.24. The van der Waals surface area contributed by atoms with Gasteiger partial charge in [-0.25, -0.2) is 0 Å². The highest BCUT2D eigenvalue weighted by atomic mass is 32.2. The molecule has 132 valence electrons. The largest absolute Gasteiger partial charge is 0.305 e. The summed E-state index contributed by atoms with van der Waals surface area (Å²) < 4.78 is 0. The fourth-order valence-electron chi connectivity index (χ4n) is 3.27. The van der Waals surface area contributed by atoms with Crippen LogP contribution >= 0.6 is 11.8 Å². The zero-order chi connectivity index (χ0) is 18.1. The third-order valence-corrected chi connectivity index (χ3v) is 5.36. The predicted molar refractivity (Wildman–Crippen MR) is 101 cm³/mol. The van der Waals surface area contributed by atoms with E-state index in [9.17, 15) is 14.4 Å². The SMILES string of the molecule is O=C(CCCN1C(=O)c2cccc3cccc(c23)C1=O)NC1=NCCS1. The Balaban J connectivity index is 1.46. The van der Waals surface area contributed by atoms with E-state index in [4.69, 9.17) is 0 Å². The monoisotopic (exact) mass is 367 g/mol. The molecular formula is C19H17N3O3S. The lowest BCUT2D eigenvalue weighted by Crippen LogP contribution is -2.41. The summed E-state index contributed by atoms with van der Waals surface area (Å²) in [6, 6.07) is 10.9. The van der Waals surface area contributed by atoms with Gasteiger partial charge < -0.3 is 5.32 Å². The average Bonchev–Trinajstić information content (AvgIpc) is 3.15. The lowest BCUT2D eigenvalue weighted by molar-refractivity contribution is -0.119. The molecule has 0 fully saturated rings. The lowest BCUT2D eigenvalue weighted by atomic mass is 9.94. The van der Waals surface area contributed by atoms with Crippen molar-refractivity contribution in [1.29, 1.82) is 0 Å². The number of amidine groups is 1. The third-order valence-electron chi connectivity index (χ3n) is 4.47. The number of nitrogens with zero attached hydrogens (tertiary/aromatic N) is 2. The summed E-state index contributed by atoms with van der Waals surface area (Å²) in [6.07, 6.45) is 0.655. The first-order chi connectivity index (χ1) is 12.6. The van der Waals surface area contributed by atoms with Crippen LogP contribution in [0, 0.1) is 0 Å². The third kappa shape index (κ3) is 2.99. The number of thioether (sulfide) groups is 1. The van der Waals surface area contributed by atoms with Gasteiger partial charge in [0.15, 0.2) is 5.17 Å². The van der Waals surface area contributed by atoms with Crippen molar-refractivity contribution >= 4 is 45.4 Å². The van der Waals surface area contributed by atoms with Gasteiger partial charge in [-0.1, -0.05) is 36.0 Å². The van der Waals surface area contributed by atoms with Gasteiger partial charge in [-0.15, -0.1) is 0 Å².